The molecule has 4 heteroatoms. The zero-order valence-electron chi connectivity index (χ0n) is 11.7. The maximum absolute atomic E-state index is 12.1. The van der Waals surface area contributed by atoms with Gasteiger partial charge in [-0.15, -0.1) is 0 Å². The van der Waals surface area contributed by atoms with Crippen molar-refractivity contribution in [3.05, 3.63) is 0 Å². The summed E-state index contributed by atoms with van der Waals surface area (Å²) < 4.78 is 0. The van der Waals surface area contributed by atoms with Crippen LogP contribution in [0.15, 0.2) is 0 Å². The Balaban J connectivity index is 1.70. The first-order valence-electron chi connectivity index (χ1n) is 7.42. The van der Waals surface area contributed by atoms with Crippen LogP contribution in [-0.2, 0) is 4.79 Å². The minimum atomic E-state index is 0.215. The molecule has 2 saturated heterocycles. The second-order valence-electron chi connectivity index (χ2n) is 5.91. The molecule has 18 heavy (non-hydrogen) atoms. The Hall–Kier alpha value is -0.610. The Bertz CT molecular complexity index is 276. The van der Waals surface area contributed by atoms with E-state index in [0.717, 1.165) is 25.9 Å². The molecule has 1 amide bonds. The predicted octanol–water partition coefficient (Wildman–Crippen LogP) is 0.975. The van der Waals surface area contributed by atoms with Crippen molar-refractivity contribution >= 4 is 5.91 Å². The van der Waals surface area contributed by atoms with Crippen LogP contribution >= 0.6 is 0 Å². The van der Waals surface area contributed by atoms with Crippen molar-refractivity contribution in [3.8, 4) is 0 Å². The molecule has 2 N–H and O–H groups in total. The summed E-state index contributed by atoms with van der Waals surface area (Å²) in [5, 5.41) is 6.53. The van der Waals surface area contributed by atoms with Crippen molar-refractivity contribution in [2.24, 2.45) is 5.92 Å². The highest BCUT2D eigenvalue weighted by atomic mass is 16.1. The third kappa shape index (κ3) is 3.69. The van der Waals surface area contributed by atoms with Gasteiger partial charge in [-0.1, -0.05) is 0 Å². The summed E-state index contributed by atoms with van der Waals surface area (Å²) in [5.41, 5.74) is 0. The number of likely N-dealkylation sites (tertiary alicyclic amines) is 1. The lowest BCUT2D eigenvalue weighted by Crippen LogP contribution is -2.46. The minimum Gasteiger partial charge on any atom is -0.354 e. The molecular weight excluding hydrogens is 226 g/mol. The smallest absolute Gasteiger partial charge is 0.223 e. The molecule has 2 heterocycles. The fourth-order valence-corrected chi connectivity index (χ4v) is 3.07. The summed E-state index contributed by atoms with van der Waals surface area (Å²) in [5.74, 6) is 0.474. The second kappa shape index (κ2) is 6.53. The summed E-state index contributed by atoms with van der Waals surface area (Å²) in [6.07, 6.45) is 4.58. The normalized spacial score (nSPS) is 31.2. The van der Waals surface area contributed by atoms with Crippen molar-refractivity contribution in [2.45, 2.75) is 51.6 Å². The van der Waals surface area contributed by atoms with E-state index in [0.29, 0.717) is 12.1 Å². The maximum atomic E-state index is 12.1. The zero-order valence-corrected chi connectivity index (χ0v) is 11.7. The fraction of sp³-hybridized carbons (Fsp3) is 0.929. The quantitative estimate of drug-likeness (QED) is 0.785. The molecule has 2 aliphatic rings. The average Bonchev–Trinajstić information content (AvgIpc) is 2.89. The molecule has 104 valence electrons. The Labute approximate surface area is 110 Å². The molecule has 0 bridgehead atoms. The lowest BCUT2D eigenvalue weighted by Gasteiger charge is -2.29. The lowest BCUT2D eigenvalue weighted by atomic mass is 9.92. The second-order valence-corrected chi connectivity index (χ2v) is 5.91. The number of rotatable bonds is 4. The van der Waals surface area contributed by atoms with Crippen LogP contribution in [0, 0.1) is 5.92 Å². The number of nitrogens with one attached hydrogen (secondary N) is 2. The molecule has 0 spiro atoms. The highest BCUT2D eigenvalue weighted by Gasteiger charge is 2.25. The van der Waals surface area contributed by atoms with Gasteiger partial charge in [0.05, 0.1) is 0 Å². The number of carbonyl (C=O) groups is 1. The van der Waals surface area contributed by atoms with E-state index in [1.54, 1.807) is 0 Å². The van der Waals surface area contributed by atoms with Crippen molar-refractivity contribution < 1.29 is 4.79 Å². The van der Waals surface area contributed by atoms with Gasteiger partial charge in [-0.2, -0.15) is 0 Å². The van der Waals surface area contributed by atoms with Crippen LogP contribution in [0.25, 0.3) is 0 Å². The maximum Gasteiger partial charge on any atom is 0.223 e. The van der Waals surface area contributed by atoms with Crippen LogP contribution < -0.4 is 10.6 Å². The van der Waals surface area contributed by atoms with Crippen LogP contribution in [0.2, 0.25) is 0 Å². The van der Waals surface area contributed by atoms with Crippen LogP contribution in [0.3, 0.4) is 0 Å². The van der Waals surface area contributed by atoms with Gasteiger partial charge in [-0.05, 0) is 59.2 Å². The molecule has 2 rings (SSSR count). The predicted molar refractivity (Wildman–Crippen MR) is 73.5 cm³/mol. The van der Waals surface area contributed by atoms with E-state index in [1.807, 2.05) is 0 Å². The third-order valence-corrected chi connectivity index (χ3v) is 4.33. The topological polar surface area (TPSA) is 44.4 Å². The Morgan fingerprint density at radius 3 is 2.83 bits per heavy atom. The minimum absolute atomic E-state index is 0.215. The van der Waals surface area contributed by atoms with Crippen LogP contribution in [0.1, 0.15) is 39.5 Å². The molecule has 0 radical (unpaired) electrons. The van der Waals surface area contributed by atoms with E-state index in [-0.39, 0.29) is 11.8 Å². The first-order chi connectivity index (χ1) is 8.66. The molecule has 3 unspecified atom stereocenters. The molecule has 2 aliphatic heterocycles. The third-order valence-electron chi connectivity index (χ3n) is 4.33. The van der Waals surface area contributed by atoms with E-state index < -0.39 is 0 Å². The van der Waals surface area contributed by atoms with E-state index in [4.69, 9.17) is 0 Å². The van der Waals surface area contributed by atoms with Crippen molar-refractivity contribution in [1.29, 1.82) is 0 Å². The Morgan fingerprint density at radius 1 is 1.44 bits per heavy atom. The van der Waals surface area contributed by atoms with Gasteiger partial charge in [0.15, 0.2) is 0 Å². The van der Waals surface area contributed by atoms with E-state index in [1.165, 1.54) is 25.9 Å². The number of hydrogen-bond acceptors (Lipinski definition) is 3. The highest BCUT2D eigenvalue weighted by molar-refractivity contribution is 5.78. The molecular formula is C14H27N3O. The van der Waals surface area contributed by atoms with Gasteiger partial charge in [0.2, 0.25) is 5.91 Å². The van der Waals surface area contributed by atoms with Crippen LogP contribution in [0.5, 0.6) is 0 Å². The van der Waals surface area contributed by atoms with E-state index in [9.17, 15) is 4.79 Å². The molecule has 0 aromatic carbocycles. The summed E-state index contributed by atoms with van der Waals surface area (Å²) >= 11 is 0. The Kier molecular flexibility index (Phi) is 5.01. The van der Waals surface area contributed by atoms with Crippen LogP contribution in [0.4, 0.5) is 0 Å². The number of amides is 1. The Morgan fingerprint density at radius 2 is 2.17 bits per heavy atom. The summed E-state index contributed by atoms with van der Waals surface area (Å²) in [6.45, 7) is 8.55. The van der Waals surface area contributed by atoms with E-state index >= 15 is 0 Å². The first-order valence-corrected chi connectivity index (χ1v) is 7.42. The SMILES string of the molecule is CC1CC(C(=O)NCC(C)N2CCCC2)CCN1. The van der Waals surface area contributed by atoms with Gasteiger partial charge in [0, 0.05) is 24.5 Å². The molecule has 0 aromatic heterocycles. The molecule has 3 atom stereocenters. The number of hydrogen-bond donors (Lipinski definition) is 2. The summed E-state index contributed by atoms with van der Waals surface area (Å²) in [4.78, 5) is 14.6. The highest BCUT2D eigenvalue weighted by Crippen LogP contribution is 2.16. The van der Waals surface area contributed by atoms with Crippen LogP contribution in [-0.4, -0.2) is 49.1 Å². The van der Waals surface area contributed by atoms with Gasteiger partial charge in [-0.25, -0.2) is 0 Å². The summed E-state index contributed by atoms with van der Waals surface area (Å²) in [6, 6.07) is 0.959. The largest absolute Gasteiger partial charge is 0.354 e. The number of nitrogens with zero attached hydrogens (tertiary/aromatic N) is 1. The standard InChI is InChI=1S/C14H27N3O/c1-11-9-13(5-6-15-11)14(18)16-10-12(2)17-7-3-4-8-17/h11-13,15H,3-10H2,1-2H3,(H,16,18). The van der Waals surface area contributed by atoms with Gasteiger partial charge in [0.25, 0.3) is 0 Å². The average molecular weight is 253 g/mol. The number of carbonyl (C=O) groups excluding carboxylic acids is 1. The van der Waals surface area contributed by atoms with Gasteiger partial charge in [0.1, 0.15) is 0 Å². The summed E-state index contributed by atoms with van der Waals surface area (Å²) in [7, 11) is 0. The first kappa shape index (κ1) is 13.8. The molecule has 0 aliphatic carbocycles. The van der Waals surface area contributed by atoms with Gasteiger partial charge in [-0.3, -0.25) is 9.69 Å². The van der Waals surface area contributed by atoms with Gasteiger partial charge < -0.3 is 10.6 Å². The lowest BCUT2D eigenvalue weighted by molar-refractivity contribution is -0.126. The van der Waals surface area contributed by atoms with Crippen molar-refractivity contribution in [1.82, 2.24) is 15.5 Å². The fourth-order valence-electron chi connectivity index (χ4n) is 3.07. The monoisotopic (exact) mass is 253 g/mol. The molecule has 0 aromatic rings. The molecule has 4 nitrogen and oxygen atoms in total. The van der Waals surface area contributed by atoms with Gasteiger partial charge >= 0.3 is 0 Å². The number of piperidine rings is 1. The van der Waals surface area contributed by atoms with Crippen molar-refractivity contribution in [2.75, 3.05) is 26.2 Å². The molecule has 2 fully saturated rings. The zero-order chi connectivity index (χ0) is 13.0. The van der Waals surface area contributed by atoms with Crippen molar-refractivity contribution in [3.63, 3.8) is 0 Å². The molecule has 0 saturated carbocycles. The van der Waals surface area contributed by atoms with E-state index in [2.05, 4.69) is 29.4 Å².